The van der Waals surface area contributed by atoms with Gasteiger partial charge >= 0.3 is 24.2 Å². The lowest BCUT2D eigenvalue weighted by Gasteiger charge is -1.95. The highest BCUT2D eigenvalue weighted by molar-refractivity contribution is 9.11. The van der Waals surface area contributed by atoms with Gasteiger partial charge in [-0.2, -0.15) is 19.2 Å². The Balaban J connectivity index is -0.000000262. The van der Waals surface area contributed by atoms with E-state index in [-0.39, 0.29) is 42.0 Å². The number of aldehydes is 4. The van der Waals surface area contributed by atoms with Crippen molar-refractivity contribution in [3.8, 4) is 0 Å². The van der Waals surface area contributed by atoms with Crippen LogP contribution in [0.3, 0.4) is 0 Å². The van der Waals surface area contributed by atoms with Gasteiger partial charge in [-0.25, -0.2) is 9.59 Å². The number of rotatable bonds is 6. The van der Waals surface area contributed by atoms with E-state index < -0.39 is 11.9 Å². The van der Waals surface area contributed by atoms with Crippen LogP contribution in [-0.2, 0) is 19.2 Å². The Morgan fingerprint density at radius 3 is 1.14 bits per heavy atom. The predicted molar refractivity (Wildman–Crippen MR) is 189 cm³/mol. The third-order valence-corrected chi connectivity index (χ3v) is 6.25. The van der Waals surface area contributed by atoms with Crippen LogP contribution in [0, 0.1) is 6.92 Å². The number of carbonyl (C=O) groups excluding carboxylic acids is 8. The van der Waals surface area contributed by atoms with E-state index >= 15 is 0 Å². The molecule has 12 nitrogen and oxygen atoms in total. The van der Waals surface area contributed by atoms with E-state index in [1.54, 1.807) is 30.3 Å². The molecule has 0 saturated carbocycles. The number of aromatic carboxylic acids is 2. The minimum absolute atomic E-state index is 0. The number of benzene rings is 4. The molecule has 0 aliphatic carbocycles. The highest BCUT2D eigenvalue weighted by Gasteiger charge is 2.07. The molecule has 4 rings (SSSR count). The van der Waals surface area contributed by atoms with Crippen molar-refractivity contribution in [2.24, 2.45) is 0 Å². The van der Waals surface area contributed by atoms with Crippen LogP contribution < -0.4 is 0 Å². The lowest BCUT2D eigenvalue weighted by Crippen LogP contribution is -2.00. The molecule has 0 aliphatic rings. The van der Waals surface area contributed by atoms with Crippen LogP contribution >= 0.6 is 31.9 Å². The summed E-state index contributed by atoms with van der Waals surface area (Å²) in [5.41, 5.74) is 2.98. The van der Waals surface area contributed by atoms with Crippen LogP contribution in [0.25, 0.3) is 0 Å². The monoisotopic (exact) mass is 816 g/mol. The molecule has 0 amide bonds. The van der Waals surface area contributed by atoms with Gasteiger partial charge in [0.05, 0.1) is 11.1 Å². The first-order valence-corrected chi connectivity index (χ1v) is 15.0. The number of carbonyl (C=O) groups is 6. The topological polar surface area (TPSA) is 211 Å². The minimum Gasteiger partial charge on any atom is -0.478 e. The predicted octanol–water partition coefficient (Wildman–Crippen LogP) is 7.72. The molecule has 264 valence electrons. The van der Waals surface area contributed by atoms with Gasteiger partial charge in [0, 0.05) is 31.2 Å². The third kappa shape index (κ3) is 22.7. The van der Waals surface area contributed by atoms with Gasteiger partial charge in [0.15, 0.2) is 18.9 Å². The summed E-state index contributed by atoms with van der Waals surface area (Å²) in [6.45, 7) is 5.92. The molecule has 0 atom stereocenters. The van der Waals surface area contributed by atoms with E-state index in [2.05, 4.69) is 31.9 Å². The molecule has 0 aromatic heterocycles. The summed E-state index contributed by atoms with van der Waals surface area (Å²) in [6, 6.07) is 25.1. The molecule has 0 fully saturated rings. The summed E-state index contributed by atoms with van der Waals surface area (Å²) in [5.74, 6) is -2.15. The maximum absolute atomic E-state index is 10.4. The molecule has 0 radical (unpaired) electrons. The SMILES string of the molecule is C.CC.Cc1ccccc1C=O.O=C=O.O=C=O.O=Cc1cc(Br)ccc1Br.O=Cc1ccccc1C(=O)O.O=Cc1ccccc1C(=O)O. The summed E-state index contributed by atoms with van der Waals surface area (Å²) in [7, 11) is 0. The van der Waals surface area contributed by atoms with Gasteiger partial charge in [0.1, 0.15) is 6.29 Å². The fraction of sp³-hybridized carbons (Fsp3) is 0.111. The maximum atomic E-state index is 10.4. The average molecular weight is 818 g/mol. The summed E-state index contributed by atoms with van der Waals surface area (Å²) in [4.78, 5) is 94.4. The molecular formula is C36H34Br2O12. The first-order chi connectivity index (χ1) is 23.4. The molecule has 4 aromatic rings. The molecule has 0 unspecified atom stereocenters. The zero-order valence-corrected chi connectivity index (χ0v) is 29.4. The molecule has 0 spiro atoms. The number of hydrogen-bond acceptors (Lipinski definition) is 10. The number of aryl methyl sites for hydroxylation is 1. The van der Waals surface area contributed by atoms with E-state index in [0.29, 0.717) is 18.1 Å². The Labute approximate surface area is 305 Å². The van der Waals surface area contributed by atoms with Gasteiger partial charge in [0.25, 0.3) is 0 Å². The smallest absolute Gasteiger partial charge is 0.373 e. The molecule has 2 N–H and O–H groups in total. The normalized spacial score (nSPS) is 7.94. The molecule has 4 aromatic carbocycles. The van der Waals surface area contributed by atoms with Gasteiger partial charge in [0.2, 0.25) is 0 Å². The molecule has 50 heavy (non-hydrogen) atoms. The van der Waals surface area contributed by atoms with Gasteiger partial charge in [-0.3, -0.25) is 19.2 Å². The Morgan fingerprint density at radius 1 is 0.560 bits per heavy atom. The second kappa shape index (κ2) is 33.1. The summed E-state index contributed by atoms with van der Waals surface area (Å²) >= 11 is 6.50. The third-order valence-electron chi connectivity index (χ3n) is 5.04. The first kappa shape index (κ1) is 51.1. The number of carboxylic acids is 2. The minimum atomic E-state index is -1.08. The number of hydrogen-bond donors (Lipinski definition) is 2. The first-order valence-electron chi connectivity index (χ1n) is 13.4. The Morgan fingerprint density at radius 2 is 0.880 bits per heavy atom. The van der Waals surface area contributed by atoms with Gasteiger partial charge in [-0.15, -0.1) is 0 Å². The van der Waals surface area contributed by atoms with Crippen molar-refractivity contribution < 1.29 is 58.2 Å². The standard InChI is InChI=1S/2C8H6O3.C8H8O.C7H4Br2O.C2H6.2CO2.CH4/c2*9-5-6-3-1-2-4-7(6)8(10)11;1-7-4-2-3-5-8(7)6-9;8-6-1-2-7(9)5(3-6)4-10;1-2;2*2-1-3;/h2*1-5H,(H,10,11);2-6H,1H3;1-4H;1-2H3;;;1H4. The zero-order valence-electron chi connectivity index (χ0n) is 26.2. The van der Waals surface area contributed by atoms with Crippen molar-refractivity contribution in [2.45, 2.75) is 28.2 Å². The fourth-order valence-corrected chi connectivity index (χ4v) is 3.63. The largest absolute Gasteiger partial charge is 0.478 e. The van der Waals surface area contributed by atoms with Crippen LogP contribution in [-0.4, -0.2) is 59.6 Å². The quantitative estimate of drug-likeness (QED) is 0.179. The molecule has 0 aliphatic heterocycles. The van der Waals surface area contributed by atoms with E-state index in [1.807, 2.05) is 57.2 Å². The number of halogens is 2. The molecule has 0 bridgehead atoms. The van der Waals surface area contributed by atoms with Crippen LogP contribution in [0.4, 0.5) is 0 Å². The highest BCUT2D eigenvalue weighted by atomic mass is 79.9. The Kier molecular flexibility index (Phi) is 33.8. The maximum Gasteiger partial charge on any atom is 0.373 e. The van der Waals surface area contributed by atoms with Crippen molar-refractivity contribution in [3.05, 3.63) is 139 Å². The van der Waals surface area contributed by atoms with Crippen molar-refractivity contribution in [3.63, 3.8) is 0 Å². The van der Waals surface area contributed by atoms with E-state index in [9.17, 15) is 28.8 Å². The van der Waals surface area contributed by atoms with E-state index in [4.69, 9.17) is 29.4 Å². The fourth-order valence-electron chi connectivity index (χ4n) is 2.91. The number of carboxylic acid groups (broad SMARTS) is 2. The summed E-state index contributed by atoms with van der Waals surface area (Å²) in [6.07, 6.45) is 3.25. The van der Waals surface area contributed by atoms with Crippen LogP contribution in [0.2, 0.25) is 0 Å². The highest BCUT2D eigenvalue weighted by Crippen LogP contribution is 2.19. The summed E-state index contributed by atoms with van der Waals surface area (Å²) in [5, 5.41) is 17.1. The van der Waals surface area contributed by atoms with Crippen molar-refractivity contribution in [1.29, 1.82) is 0 Å². The van der Waals surface area contributed by atoms with Gasteiger partial charge in [-0.1, -0.05) is 114 Å². The lowest BCUT2D eigenvalue weighted by molar-refractivity contribution is -0.193. The van der Waals surface area contributed by atoms with Crippen molar-refractivity contribution in [1.82, 2.24) is 0 Å². The average Bonchev–Trinajstić information content (AvgIpc) is 3.11. The molecule has 0 heterocycles. The zero-order chi connectivity index (χ0) is 38.2. The molecule has 14 heteroatoms. The van der Waals surface area contributed by atoms with Gasteiger partial charge < -0.3 is 10.2 Å². The molecule has 0 saturated heterocycles. The lowest BCUT2D eigenvalue weighted by atomic mass is 10.1. The Bertz CT molecular complexity index is 1630. The van der Waals surface area contributed by atoms with Crippen LogP contribution in [0.15, 0.2) is 99.9 Å². The summed E-state index contributed by atoms with van der Waals surface area (Å²) < 4.78 is 1.74. The van der Waals surface area contributed by atoms with E-state index in [1.165, 1.54) is 24.3 Å². The second-order valence-corrected chi connectivity index (χ2v) is 9.72. The second-order valence-electron chi connectivity index (χ2n) is 7.95. The van der Waals surface area contributed by atoms with Crippen molar-refractivity contribution >= 4 is 81.2 Å². The Hall–Kier alpha value is -5.78. The van der Waals surface area contributed by atoms with Crippen molar-refractivity contribution in [2.75, 3.05) is 0 Å². The van der Waals surface area contributed by atoms with Gasteiger partial charge in [-0.05, 0) is 42.8 Å². The van der Waals surface area contributed by atoms with E-state index in [0.717, 1.165) is 32.6 Å². The van der Waals surface area contributed by atoms with Crippen LogP contribution in [0.5, 0.6) is 0 Å². The molecular weight excluding hydrogens is 784 g/mol. The van der Waals surface area contributed by atoms with Crippen LogP contribution in [0.1, 0.15) is 89.0 Å².